The molecule has 1 nitrogen and oxygen atoms in total. The zero-order valence-electron chi connectivity index (χ0n) is 7.15. The van der Waals surface area contributed by atoms with Crippen molar-refractivity contribution in [1.29, 1.82) is 5.26 Å². The number of rotatable bonds is 0. The number of allylic oxidation sites excluding steroid dienone is 4. The van der Waals surface area contributed by atoms with E-state index in [-0.39, 0.29) is 0 Å². The minimum absolute atomic E-state index is 0.879. The fraction of sp³-hybridized carbons (Fsp3) is 0.500. The zero-order valence-corrected chi connectivity index (χ0v) is 7.15. The Balaban J connectivity index is 2.91. The molecule has 0 atom stereocenters. The Kier molecular flexibility index (Phi) is 2.48. The summed E-state index contributed by atoms with van der Waals surface area (Å²) in [6.07, 6.45) is 5.64. The first-order valence-corrected chi connectivity index (χ1v) is 4.01. The van der Waals surface area contributed by atoms with E-state index in [0.29, 0.717) is 0 Å². The summed E-state index contributed by atoms with van der Waals surface area (Å²) in [5.74, 6) is 0. The molecule has 0 bridgehead atoms. The van der Waals surface area contributed by atoms with E-state index < -0.39 is 0 Å². The van der Waals surface area contributed by atoms with Crippen LogP contribution >= 0.6 is 0 Å². The molecule has 0 radical (unpaired) electrons. The molecule has 1 aliphatic rings. The minimum Gasteiger partial charge on any atom is -0.193 e. The molecule has 0 aliphatic heterocycles. The van der Waals surface area contributed by atoms with Crippen LogP contribution in [0.15, 0.2) is 22.8 Å². The Morgan fingerprint density at radius 1 is 1.55 bits per heavy atom. The Hall–Kier alpha value is -1.03. The second-order valence-corrected chi connectivity index (χ2v) is 3.11. The Morgan fingerprint density at radius 2 is 2.27 bits per heavy atom. The quantitative estimate of drug-likeness (QED) is 0.483. The van der Waals surface area contributed by atoms with E-state index in [2.05, 4.69) is 19.1 Å². The molecular formula is C10H13N. The van der Waals surface area contributed by atoms with E-state index in [9.17, 15) is 0 Å². The van der Waals surface area contributed by atoms with Gasteiger partial charge >= 0.3 is 0 Å². The molecule has 0 unspecified atom stereocenters. The Bertz CT molecular complexity index is 251. The van der Waals surface area contributed by atoms with Crippen LogP contribution in [0.3, 0.4) is 0 Å². The second kappa shape index (κ2) is 3.39. The van der Waals surface area contributed by atoms with Gasteiger partial charge in [-0.1, -0.05) is 11.6 Å². The van der Waals surface area contributed by atoms with Crippen molar-refractivity contribution in [1.82, 2.24) is 0 Å². The first-order valence-electron chi connectivity index (χ1n) is 4.01. The van der Waals surface area contributed by atoms with Gasteiger partial charge in [0.25, 0.3) is 0 Å². The highest BCUT2D eigenvalue weighted by Crippen LogP contribution is 2.23. The van der Waals surface area contributed by atoms with Crippen molar-refractivity contribution < 1.29 is 0 Å². The molecule has 0 aromatic heterocycles. The van der Waals surface area contributed by atoms with E-state index in [1.54, 1.807) is 0 Å². The Labute approximate surface area is 68.0 Å². The fourth-order valence-electron chi connectivity index (χ4n) is 1.37. The van der Waals surface area contributed by atoms with Gasteiger partial charge in [-0.05, 0) is 38.7 Å². The molecule has 1 rings (SSSR count). The summed E-state index contributed by atoms with van der Waals surface area (Å²) in [4.78, 5) is 0. The molecule has 11 heavy (non-hydrogen) atoms. The van der Waals surface area contributed by atoms with Gasteiger partial charge in [0.1, 0.15) is 0 Å². The first-order chi connectivity index (χ1) is 5.24. The van der Waals surface area contributed by atoms with Gasteiger partial charge in [-0.2, -0.15) is 5.26 Å². The summed E-state index contributed by atoms with van der Waals surface area (Å²) in [6.45, 7) is 4.02. The molecule has 0 saturated carbocycles. The van der Waals surface area contributed by atoms with Crippen LogP contribution < -0.4 is 0 Å². The van der Waals surface area contributed by atoms with Gasteiger partial charge in [0, 0.05) is 5.57 Å². The van der Waals surface area contributed by atoms with Crippen molar-refractivity contribution in [2.45, 2.75) is 33.1 Å². The predicted octanol–water partition coefficient (Wildman–Crippen LogP) is 2.96. The molecule has 1 aliphatic carbocycles. The van der Waals surface area contributed by atoms with Crippen LogP contribution in [0.1, 0.15) is 33.1 Å². The molecule has 0 aromatic carbocycles. The maximum atomic E-state index is 8.64. The van der Waals surface area contributed by atoms with Crippen LogP contribution in [0.25, 0.3) is 0 Å². The normalized spacial score (nSPS) is 22.1. The van der Waals surface area contributed by atoms with E-state index in [1.165, 1.54) is 24.0 Å². The monoisotopic (exact) mass is 147 g/mol. The highest BCUT2D eigenvalue weighted by Gasteiger charge is 2.05. The number of hydrogen-bond donors (Lipinski definition) is 0. The molecule has 0 amide bonds. The van der Waals surface area contributed by atoms with E-state index in [0.717, 1.165) is 12.0 Å². The fourth-order valence-corrected chi connectivity index (χ4v) is 1.37. The van der Waals surface area contributed by atoms with Gasteiger partial charge in [-0.3, -0.25) is 0 Å². The van der Waals surface area contributed by atoms with Gasteiger partial charge < -0.3 is 0 Å². The van der Waals surface area contributed by atoms with Crippen molar-refractivity contribution >= 4 is 0 Å². The van der Waals surface area contributed by atoms with Gasteiger partial charge in [-0.25, -0.2) is 0 Å². The van der Waals surface area contributed by atoms with Gasteiger partial charge in [-0.15, -0.1) is 0 Å². The van der Waals surface area contributed by atoms with Gasteiger partial charge in [0.05, 0.1) is 6.07 Å². The van der Waals surface area contributed by atoms with E-state index in [4.69, 9.17) is 5.26 Å². The second-order valence-electron chi connectivity index (χ2n) is 3.11. The standard InChI is InChI=1S/C10H13N/c1-8-4-3-5-10(6-8)9(2)7-11/h6H,3-5H2,1-2H3/b10-9-. The molecule has 0 N–H and O–H groups in total. The summed E-state index contributed by atoms with van der Waals surface area (Å²) >= 11 is 0. The average molecular weight is 147 g/mol. The number of hydrogen-bond acceptors (Lipinski definition) is 1. The summed E-state index contributed by atoms with van der Waals surface area (Å²) in [6, 6.07) is 2.19. The molecule has 0 heterocycles. The largest absolute Gasteiger partial charge is 0.193 e. The van der Waals surface area contributed by atoms with Crippen LogP contribution in [0.5, 0.6) is 0 Å². The average Bonchev–Trinajstić information content (AvgIpc) is 2.03. The van der Waals surface area contributed by atoms with Crippen LogP contribution in [-0.2, 0) is 0 Å². The van der Waals surface area contributed by atoms with Crippen molar-refractivity contribution in [3.05, 3.63) is 22.8 Å². The first kappa shape index (κ1) is 8.07. The number of nitriles is 1. The third-order valence-electron chi connectivity index (χ3n) is 2.09. The Morgan fingerprint density at radius 3 is 2.82 bits per heavy atom. The van der Waals surface area contributed by atoms with E-state index >= 15 is 0 Å². The summed E-state index contributed by atoms with van der Waals surface area (Å²) in [7, 11) is 0. The van der Waals surface area contributed by atoms with E-state index in [1.807, 2.05) is 6.92 Å². The van der Waals surface area contributed by atoms with Crippen LogP contribution in [0.4, 0.5) is 0 Å². The SMILES string of the molecule is CC1=C/C(=C(/C)C#N)CCC1. The maximum absolute atomic E-state index is 8.64. The van der Waals surface area contributed by atoms with Crippen LogP contribution in [0, 0.1) is 11.3 Å². The van der Waals surface area contributed by atoms with Crippen molar-refractivity contribution in [3.63, 3.8) is 0 Å². The lowest BCUT2D eigenvalue weighted by Crippen LogP contribution is -1.93. The van der Waals surface area contributed by atoms with Crippen molar-refractivity contribution in [3.8, 4) is 6.07 Å². The third kappa shape index (κ3) is 1.94. The predicted molar refractivity (Wildman–Crippen MR) is 45.9 cm³/mol. The molecule has 0 saturated heterocycles. The van der Waals surface area contributed by atoms with Crippen molar-refractivity contribution in [2.24, 2.45) is 0 Å². The summed E-state index contributed by atoms with van der Waals surface area (Å²) in [5.41, 5.74) is 3.51. The molecule has 0 fully saturated rings. The third-order valence-corrected chi connectivity index (χ3v) is 2.09. The summed E-state index contributed by atoms with van der Waals surface area (Å²) in [5, 5.41) is 8.64. The smallest absolute Gasteiger partial charge is 0.0946 e. The lowest BCUT2D eigenvalue weighted by Gasteiger charge is -2.11. The molecular weight excluding hydrogens is 134 g/mol. The highest BCUT2D eigenvalue weighted by atomic mass is 14.2. The van der Waals surface area contributed by atoms with Crippen LogP contribution in [0.2, 0.25) is 0 Å². The molecule has 0 spiro atoms. The van der Waals surface area contributed by atoms with Crippen LogP contribution in [-0.4, -0.2) is 0 Å². The zero-order chi connectivity index (χ0) is 8.27. The minimum atomic E-state index is 0.879. The summed E-state index contributed by atoms with van der Waals surface area (Å²) < 4.78 is 0. The highest BCUT2D eigenvalue weighted by molar-refractivity contribution is 5.36. The topological polar surface area (TPSA) is 23.8 Å². The molecule has 58 valence electrons. The number of nitrogens with zero attached hydrogens (tertiary/aromatic N) is 1. The van der Waals surface area contributed by atoms with Gasteiger partial charge in [0.15, 0.2) is 0 Å². The lowest BCUT2D eigenvalue weighted by atomic mass is 9.93. The molecule has 0 aromatic rings. The van der Waals surface area contributed by atoms with Crippen molar-refractivity contribution in [2.75, 3.05) is 0 Å². The maximum Gasteiger partial charge on any atom is 0.0946 e. The molecule has 1 heteroatoms. The van der Waals surface area contributed by atoms with Gasteiger partial charge in [0.2, 0.25) is 0 Å². The lowest BCUT2D eigenvalue weighted by molar-refractivity contribution is 0.779.